The number of anilines is 1. The zero-order valence-electron chi connectivity index (χ0n) is 8.11. The fraction of sp³-hybridized carbons (Fsp3) is 0.200. The molecule has 1 unspecified atom stereocenters. The van der Waals surface area contributed by atoms with Gasteiger partial charge in [-0.15, -0.1) is 6.58 Å². The van der Waals surface area contributed by atoms with Gasteiger partial charge in [0.1, 0.15) is 0 Å². The number of aromatic nitrogens is 1. The van der Waals surface area contributed by atoms with Crippen LogP contribution in [0.25, 0.3) is 0 Å². The molecule has 5 heteroatoms. The van der Waals surface area contributed by atoms with Crippen LogP contribution < -0.4 is 11.1 Å². The van der Waals surface area contributed by atoms with Crippen molar-refractivity contribution in [3.05, 3.63) is 36.9 Å². The summed E-state index contributed by atoms with van der Waals surface area (Å²) in [6.07, 6.45) is 4.29. The molecule has 3 N–H and O–H groups in total. The van der Waals surface area contributed by atoms with Crippen molar-refractivity contribution in [3.63, 3.8) is 0 Å². The van der Waals surface area contributed by atoms with Crippen molar-refractivity contribution < 1.29 is 9.18 Å². The molecular formula is C10H12FN3O. The maximum Gasteiger partial charge on any atom is 0.241 e. The molecule has 1 heterocycles. The van der Waals surface area contributed by atoms with Gasteiger partial charge in [-0.25, -0.2) is 4.39 Å². The van der Waals surface area contributed by atoms with E-state index in [2.05, 4.69) is 16.9 Å². The van der Waals surface area contributed by atoms with Gasteiger partial charge in [-0.2, -0.15) is 0 Å². The summed E-state index contributed by atoms with van der Waals surface area (Å²) in [6.45, 7) is 3.46. The van der Waals surface area contributed by atoms with Gasteiger partial charge in [-0.1, -0.05) is 6.08 Å². The monoisotopic (exact) mass is 209 g/mol. The quantitative estimate of drug-likeness (QED) is 0.728. The average Bonchev–Trinajstić information content (AvgIpc) is 2.21. The summed E-state index contributed by atoms with van der Waals surface area (Å²) in [5, 5.41) is 2.37. The molecule has 0 spiro atoms. The Bertz CT molecular complexity index is 367. The Balaban J connectivity index is 2.66. The Labute approximate surface area is 87.0 Å². The van der Waals surface area contributed by atoms with Crippen molar-refractivity contribution in [2.45, 2.75) is 12.5 Å². The number of nitrogens with one attached hydrogen (secondary N) is 1. The van der Waals surface area contributed by atoms with E-state index in [0.29, 0.717) is 6.42 Å². The molecule has 0 aliphatic rings. The second-order valence-corrected chi connectivity index (χ2v) is 2.98. The summed E-state index contributed by atoms with van der Waals surface area (Å²) in [4.78, 5) is 14.9. The van der Waals surface area contributed by atoms with Crippen LogP contribution in [0.4, 0.5) is 10.1 Å². The number of rotatable bonds is 4. The first-order chi connectivity index (χ1) is 7.15. The van der Waals surface area contributed by atoms with Crippen LogP contribution in [0, 0.1) is 5.82 Å². The Morgan fingerprint density at radius 2 is 2.53 bits per heavy atom. The fourth-order valence-electron chi connectivity index (χ4n) is 0.989. The van der Waals surface area contributed by atoms with E-state index in [1.165, 1.54) is 18.3 Å². The maximum absolute atomic E-state index is 13.1. The number of pyridine rings is 1. The van der Waals surface area contributed by atoms with Crippen LogP contribution in [0.1, 0.15) is 6.42 Å². The lowest BCUT2D eigenvalue weighted by Crippen LogP contribution is -2.35. The van der Waals surface area contributed by atoms with Gasteiger partial charge in [0.05, 0.1) is 17.9 Å². The van der Waals surface area contributed by atoms with E-state index in [9.17, 15) is 9.18 Å². The molecule has 0 aliphatic carbocycles. The molecule has 1 amide bonds. The second kappa shape index (κ2) is 5.21. The van der Waals surface area contributed by atoms with Gasteiger partial charge in [0.15, 0.2) is 5.82 Å². The van der Waals surface area contributed by atoms with Crippen molar-refractivity contribution in [1.29, 1.82) is 0 Å². The number of carbonyl (C=O) groups is 1. The van der Waals surface area contributed by atoms with Gasteiger partial charge < -0.3 is 11.1 Å². The molecule has 1 rings (SSSR count). The smallest absolute Gasteiger partial charge is 0.241 e. The average molecular weight is 209 g/mol. The summed E-state index contributed by atoms with van der Waals surface area (Å²) >= 11 is 0. The van der Waals surface area contributed by atoms with E-state index in [4.69, 9.17) is 5.73 Å². The number of carbonyl (C=O) groups excluding carboxylic acids is 1. The van der Waals surface area contributed by atoms with Crippen LogP contribution in [0.15, 0.2) is 31.1 Å². The molecule has 4 nitrogen and oxygen atoms in total. The van der Waals surface area contributed by atoms with E-state index in [1.54, 1.807) is 0 Å². The van der Waals surface area contributed by atoms with Crippen LogP contribution in [0.2, 0.25) is 0 Å². The second-order valence-electron chi connectivity index (χ2n) is 2.98. The van der Waals surface area contributed by atoms with E-state index < -0.39 is 17.8 Å². The van der Waals surface area contributed by atoms with Gasteiger partial charge in [-0.3, -0.25) is 9.78 Å². The molecule has 15 heavy (non-hydrogen) atoms. The minimum atomic E-state index is -0.713. The molecule has 1 atom stereocenters. The molecular weight excluding hydrogens is 197 g/mol. The number of hydrogen-bond acceptors (Lipinski definition) is 3. The molecule has 1 aromatic rings. The zero-order valence-corrected chi connectivity index (χ0v) is 8.11. The third kappa shape index (κ3) is 3.14. The molecule has 0 radical (unpaired) electrons. The minimum Gasteiger partial charge on any atom is -0.322 e. The van der Waals surface area contributed by atoms with Crippen LogP contribution in [-0.4, -0.2) is 16.9 Å². The highest BCUT2D eigenvalue weighted by Crippen LogP contribution is 2.11. The predicted molar refractivity (Wildman–Crippen MR) is 55.6 cm³/mol. The van der Waals surface area contributed by atoms with Gasteiger partial charge in [0, 0.05) is 6.20 Å². The normalized spacial score (nSPS) is 11.9. The van der Waals surface area contributed by atoms with Crippen LogP contribution in [0.5, 0.6) is 0 Å². The van der Waals surface area contributed by atoms with Crippen molar-refractivity contribution in [2.24, 2.45) is 5.73 Å². The third-order valence-corrected chi connectivity index (χ3v) is 1.79. The van der Waals surface area contributed by atoms with E-state index in [-0.39, 0.29) is 5.69 Å². The first kappa shape index (κ1) is 11.3. The number of amides is 1. The number of nitrogens with two attached hydrogens (primary N) is 1. The Hall–Kier alpha value is -1.75. The highest BCUT2D eigenvalue weighted by Gasteiger charge is 2.13. The van der Waals surface area contributed by atoms with Gasteiger partial charge in [-0.05, 0) is 12.5 Å². The number of halogens is 1. The van der Waals surface area contributed by atoms with Crippen LogP contribution >= 0.6 is 0 Å². The summed E-state index contributed by atoms with van der Waals surface area (Å²) in [5.74, 6) is -1.03. The Kier molecular flexibility index (Phi) is 3.93. The zero-order chi connectivity index (χ0) is 11.3. The number of hydrogen-bond donors (Lipinski definition) is 2. The van der Waals surface area contributed by atoms with E-state index in [1.807, 2.05) is 0 Å². The molecule has 80 valence electrons. The standard InChI is InChI=1S/C10H12FN3O/c1-2-3-8(12)10(15)14-9-4-5-13-6-7(9)11/h2,4-6,8H,1,3,12H2,(H,13,14,15). The van der Waals surface area contributed by atoms with Crippen molar-refractivity contribution >= 4 is 11.6 Å². The molecule has 1 aromatic heterocycles. The first-order valence-electron chi connectivity index (χ1n) is 4.42. The Morgan fingerprint density at radius 1 is 1.80 bits per heavy atom. The van der Waals surface area contributed by atoms with Crippen LogP contribution in [-0.2, 0) is 4.79 Å². The largest absolute Gasteiger partial charge is 0.322 e. The molecule has 0 bridgehead atoms. The minimum absolute atomic E-state index is 0.0783. The maximum atomic E-state index is 13.1. The van der Waals surface area contributed by atoms with Gasteiger partial charge in [0.25, 0.3) is 0 Å². The van der Waals surface area contributed by atoms with E-state index in [0.717, 1.165) is 6.20 Å². The summed E-state index contributed by atoms with van der Waals surface area (Å²) in [5.41, 5.74) is 5.58. The SMILES string of the molecule is C=CCC(N)C(=O)Nc1ccncc1F. The summed E-state index contributed by atoms with van der Waals surface area (Å²) in [6, 6.07) is 0.656. The third-order valence-electron chi connectivity index (χ3n) is 1.79. The molecule has 0 saturated heterocycles. The summed E-state index contributed by atoms with van der Waals surface area (Å²) in [7, 11) is 0. The molecule has 0 saturated carbocycles. The van der Waals surface area contributed by atoms with Crippen molar-refractivity contribution in [1.82, 2.24) is 4.98 Å². The van der Waals surface area contributed by atoms with Crippen molar-refractivity contribution in [3.8, 4) is 0 Å². The fourth-order valence-corrected chi connectivity index (χ4v) is 0.989. The lowest BCUT2D eigenvalue weighted by Gasteiger charge is -2.10. The molecule has 0 aromatic carbocycles. The van der Waals surface area contributed by atoms with Gasteiger partial charge >= 0.3 is 0 Å². The number of nitrogens with zero attached hydrogens (tertiary/aromatic N) is 1. The highest BCUT2D eigenvalue weighted by molar-refractivity contribution is 5.94. The lowest BCUT2D eigenvalue weighted by molar-refractivity contribution is -0.117. The van der Waals surface area contributed by atoms with Gasteiger partial charge in [0.2, 0.25) is 5.91 Å². The van der Waals surface area contributed by atoms with Crippen molar-refractivity contribution in [2.75, 3.05) is 5.32 Å². The van der Waals surface area contributed by atoms with Crippen LogP contribution in [0.3, 0.4) is 0 Å². The topological polar surface area (TPSA) is 68.0 Å². The lowest BCUT2D eigenvalue weighted by atomic mass is 10.2. The van der Waals surface area contributed by atoms with E-state index >= 15 is 0 Å². The summed E-state index contributed by atoms with van der Waals surface area (Å²) < 4.78 is 13.1. The first-order valence-corrected chi connectivity index (χ1v) is 4.42. The molecule has 0 aliphatic heterocycles. The Morgan fingerprint density at radius 3 is 3.13 bits per heavy atom. The predicted octanol–water partition coefficient (Wildman–Crippen LogP) is 1.06. The highest BCUT2D eigenvalue weighted by atomic mass is 19.1. The molecule has 0 fully saturated rings.